The second-order valence-corrected chi connectivity index (χ2v) is 8.74. The highest BCUT2D eigenvalue weighted by Crippen LogP contribution is 2.22. The van der Waals surface area contributed by atoms with Gasteiger partial charge in [-0.3, -0.25) is 14.2 Å². The van der Waals surface area contributed by atoms with Crippen LogP contribution in [-0.4, -0.2) is 51.2 Å². The highest BCUT2D eigenvalue weighted by molar-refractivity contribution is 6.29. The van der Waals surface area contributed by atoms with Crippen molar-refractivity contribution in [1.82, 2.24) is 14.5 Å². The quantitative estimate of drug-likeness (QED) is 0.671. The summed E-state index contributed by atoms with van der Waals surface area (Å²) in [6.07, 6.45) is 3.67. The standard InChI is InChI=1S/C20H31ClN4O5/c1-13(29-14(2)26)25-16(21)12-23-17(18(25)27)22-10-9-15-8-6-7-11-24(15)19(28)30-20(3,4)5/h12-13,15H,6-11H2,1-5H3,(H,22,23). The lowest BCUT2D eigenvalue weighted by Gasteiger charge is -2.36. The number of amides is 1. The number of ether oxygens (including phenoxy) is 2. The molecule has 1 N–H and O–H groups in total. The summed E-state index contributed by atoms with van der Waals surface area (Å²) in [6.45, 7) is 9.45. The number of esters is 1. The van der Waals surface area contributed by atoms with Crippen LogP contribution in [0.1, 0.15) is 66.5 Å². The number of nitrogens with zero attached hydrogens (tertiary/aromatic N) is 3. The van der Waals surface area contributed by atoms with E-state index >= 15 is 0 Å². The molecular formula is C20H31ClN4O5. The summed E-state index contributed by atoms with van der Waals surface area (Å²) in [5.41, 5.74) is -1.03. The van der Waals surface area contributed by atoms with Crippen molar-refractivity contribution in [1.29, 1.82) is 0 Å². The number of aromatic nitrogens is 2. The number of carbonyl (C=O) groups is 2. The molecule has 9 nitrogen and oxygen atoms in total. The molecule has 0 saturated carbocycles. The lowest BCUT2D eigenvalue weighted by atomic mass is 10.00. The van der Waals surface area contributed by atoms with E-state index in [1.165, 1.54) is 13.1 Å². The topological polar surface area (TPSA) is 103 Å². The largest absolute Gasteiger partial charge is 0.444 e. The first kappa shape index (κ1) is 24.0. The summed E-state index contributed by atoms with van der Waals surface area (Å²) >= 11 is 6.07. The van der Waals surface area contributed by atoms with Gasteiger partial charge in [0.1, 0.15) is 10.8 Å². The summed E-state index contributed by atoms with van der Waals surface area (Å²) in [7, 11) is 0. The molecule has 30 heavy (non-hydrogen) atoms. The first-order chi connectivity index (χ1) is 14.0. The number of carbonyl (C=O) groups excluding carboxylic acids is 2. The predicted molar refractivity (Wildman–Crippen MR) is 114 cm³/mol. The average molecular weight is 443 g/mol. The van der Waals surface area contributed by atoms with E-state index in [0.717, 1.165) is 23.8 Å². The zero-order chi connectivity index (χ0) is 22.5. The Hall–Kier alpha value is -2.29. The second kappa shape index (κ2) is 10.1. The molecule has 0 aromatic carbocycles. The minimum Gasteiger partial charge on any atom is -0.444 e. The molecule has 0 bridgehead atoms. The van der Waals surface area contributed by atoms with E-state index in [1.54, 1.807) is 11.8 Å². The van der Waals surface area contributed by atoms with Crippen LogP contribution in [-0.2, 0) is 14.3 Å². The van der Waals surface area contributed by atoms with Gasteiger partial charge in [0.15, 0.2) is 12.0 Å². The maximum Gasteiger partial charge on any atom is 0.410 e. The van der Waals surface area contributed by atoms with Crippen LogP contribution in [0, 0.1) is 0 Å². The van der Waals surface area contributed by atoms with Crippen molar-refractivity contribution in [2.75, 3.05) is 18.4 Å². The molecule has 2 atom stereocenters. The number of likely N-dealkylation sites (tertiary alicyclic amines) is 1. The average Bonchev–Trinajstić information content (AvgIpc) is 2.62. The molecule has 0 spiro atoms. The van der Waals surface area contributed by atoms with E-state index in [1.807, 2.05) is 20.8 Å². The molecule has 1 saturated heterocycles. The van der Waals surface area contributed by atoms with Crippen LogP contribution in [0.3, 0.4) is 0 Å². The van der Waals surface area contributed by atoms with Crippen molar-refractivity contribution in [2.45, 2.75) is 78.2 Å². The molecule has 1 amide bonds. The third kappa shape index (κ3) is 6.62. The van der Waals surface area contributed by atoms with Crippen molar-refractivity contribution in [3.63, 3.8) is 0 Å². The van der Waals surface area contributed by atoms with Crippen LogP contribution in [0.25, 0.3) is 0 Å². The van der Waals surface area contributed by atoms with Gasteiger partial charge in [0, 0.05) is 26.1 Å². The highest BCUT2D eigenvalue weighted by atomic mass is 35.5. The van der Waals surface area contributed by atoms with Gasteiger partial charge in [-0.25, -0.2) is 9.78 Å². The molecule has 0 radical (unpaired) electrons. The van der Waals surface area contributed by atoms with Crippen LogP contribution < -0.4 is 10.9 Å². The molecule has 2 rings (SSSR count). The Balaban J connectivity index is 2.04. The maximum atomic E-state index is 12.7. The van der Waals surface area contributed by atoms with E-state index < -0.39 is 23.4 Å². The minimum absolute atomic E-state index is 0.0237. The summed E-state index contributed by atoms with van der Waals surface area (Å²) in [5, 5.41) is 3.09. The smallest absolute Gasteiger partial charge is 0.410 e. The Morgan fingerprint density at radius 2 is 2.07 bits per heavy atom. The van der Waals surface area contributed by atoms with Gasteiger partial charge < -0.3 is 19.7 Å². The zero-order valence-corrected chi connectivity index (χ0v) is 19.0. The third-order valence-corrected chi connectivity index (χ3v) is 4.96. The highest BCUT2D eigenvalue weighted by Gasteiger charge is 2.30. The molecule has 1 fully saturated rings. The van der Waals surface area contributed by atoms with Gasteiger partial charge in [-0.15, -0.1) is 0 Å². The molecule has 0 aliphatic carbocycles. The summed E-state index contributed by atoms with van der Waals surface area (Å²) in [5.74, 6) is -0.408. The second-order valence-electron chi connectivity index (χ2n) is 8.35. The monoisotopic (exact) mass is 442 g/mol. The molecule has 2 heterocycles. The van der Waals surface area contributed by atoms with E-state index in [9.17, 15) is 14.4 Å². The lowest BCUT2D eigenvalue weighted by Crippen LogP contribution is -2.46. The number of anilines is 1. The third-order valence-electron chi connectivity index (χ3n) is 4.68. The van der Waals surface area contributed by atoms with Gasteiger partial charge >= 0.3 is 12.1 Å². The van der Waals surface area contributed by atoms with Crippen LogP contribution in [0.5, 0.6) is 0 Å². The number of hydrogen-bond acceptors (Lipinski definition) is 7. The minimum atomic E-state index is -0.855. The fraction of sp³-hybridized carbons (Fsp3) is 0.700. The summed E-state index contributed by atoms with van der Waals surface area (Å²) in [6, 6.07) is 0.0237. The van der Waals surface area contributed by atoms with E-state index in [-0.39, 0.29) is 23.1 Å². The molecule has 1 aromatic heterocycles. The SMILES string of the molecule is CC(=O)OC(C)n1c(Cl)cnc(NCCC2CCCCN2C(=O)OC(C)(C)C)c1=O. The number of piperidine rings is 1. The van der Waals surface area contributed by atoms with E-state index in [2.05, 4.69) is 10.3 Å². The Bertz CT molecular complexity index is 820. The summed E-state index contributed by atoms with van der Waals surface area (Å²) in [4.78, 5) is 42.3. The number of rotatable bonds is 6. The van der Waals surface area contributed by atoms with Crippen LogP contribution >= 0.6 is 11.6 Å². The number of halogens is 1. The Labute approximate surface area is 181 Å². The van der Waals surface area contributed by atoms with E-state index in [0.29, 0.717) is 19.5 Å². The van der Waals surface area contributed by atoms with Crippen LogP contribution in [0.15, 0.2) is 11.0 Å². The normalized spacial score (nSPS) is 17.9. The van der Waals surface area contributed by atoms with Gasteiger partial charge in [-0.05, 0) is 53.4 Å². The molecule has 10 heteroatoms. The van der Waals surface area contributed by atoms with Crippen molar-refractivity contribution < 1.29 is 19.1 Å². The first-order valence-electron chi connectivity index (χ1n) is 10.2. The van der Waals surface area contributed by atoms with Crippen molar-refractivity contribution >= 4 is 29.5 Å². The fourth-order valence-corrected chi connectivity index (χ4v) is 3.68. The fourth-order valence-electron chi connectivity index (χ4n) is 3.42. The van der Waals surface area contributed by atoms with Gasteiger partial charge in [-0.1, -0.05) is 11.6 Å². The Kier molecular flexibility index (Phi) is 8.11. The number of hydrogen-bond donors (Lipinski definition) is 1. The van der Waals surface area contributed by atoms with Gasteiger partial charge in [0.2, 0.25) is 0 Å². The van der Waals surface area contributed by atoms with Crippen molar-refractivity contribution in [3.05, 3.63) is 21.7 Å². The molecular weight excluding hydrogens is 412 g/mol. The molecule has 168 valence electrons. The van der Waals surface area contributed by atoms with Gasteiger partial charge in [0.05, 0.1) is 6.20 Å². The maximum absolute atomic E-state index is 12.7. The predicted octanol–water partition coefficient (Wildman–Crippen LogP) is 3.57. The van der Waals surface area contributed by atoms with Gasteiger partial charge in [0.25, 0.3) is 5.56 Å². The van der Waals surface area contributed by atoms with Crippen molar-refractivity contribution in [2.24, 2.45) is 0 Å². The van der Waals surface area contributed by atoms with Crippen LogP contribution in [0.2, 0.25) is 5.15 Å². The van der Waals surface area contributed by atoms with Crippen molar-refractivity contribution in [3.8, 4) is 0 Å². The lowest BCUT2D eigenvalue weighted by molar-refractivity contribution is -0.149. The van der Waals surface area contributed by atoms with E-state index in [4.69, 9.17) is 21.1 Å². The summed E-state index contributed by atoms with van der Waals surface area (Å²) < 4.78 is 11.7. The number of nitrogens with one attached hydrogen (secondary N) is 1. The van der Waals surface area contributed by atoms with Gasteiger partial charge in [-0.2, -0.15) is 0 Å². The van der Waals surface area contributed by atoms with Crippen LogP contribution in [0.4, 0.5) is 10.6 Å². The molecule has 1 aliphatic heterocycles. The molecule has 1 aromatic rings. The Morgan fingerprint density at radius 3 is 2.70 bits per heavy atom. The zero-order valence-electron chi connectivity index (χ0n) is 18.2. The molecule has 2 unspecified atom stereocenters. The molecule has 1 aliphatic rings. The Morgan fingerprint density at radius 1 is 1.37 bits per heavy atom. The first-order valence-corrected chi connectivity index (χ1v) is 10.5.